The molecule has 0 aliphatic heterocycles. The van der Waals surface area contributed by atoms with Crippen LogP contribution < -0.4 is 10.0 Å². The van der Waals surface area contributed by atoms with E-state index in [-0.39, 0.29) is 0 Å². The Morgan fingerprint density at radius 2 is 1.83 bits per heavy atom. The molecule has 1 unspecified atom stereocenters. The fourth-order valence-corrected chi connectivity index (χ4v) is 2.43. The molecule has 1 rings (SSSR count). The molecule has 0 fully saturated rings. The van der Waals surface area contributed by atoms with Gasteiger partial charge in [-0.25, -0.2) is 9.52 Å². The second-order valence-electron chi connectivity index (χ2n) is 6.04. The van der Waals surface area contributed by atoms with Gasteiger partial charge in [0, 0.05) is 11.9 Å². The lowest BCUT2D eigenvalue weighted by molar-refractivity contribution is -0.138. The van der Waals surface area contributed by atoms with Crippen molar-refractivity contribution in [2.75, 3.05) is 6.54 Å². The summed E-state index contributed by atoms with van der Waals surface area (Å²) in [6.45, 7) is 4.74. The summed E-state index contributed by atoms with van der Waals surface area (Å²) < 4.78 is 7.90. The largest absolute Gasteiger partial charge is 0.480 e. The second kappa shape index (κ2) is 9.29. The predicted molar refractivity (Wildman–Crippen MR) is 91.5 cm³/mol. The summed E-state index contributed by atoms with van der Waals surface area (Å²) in [6.07, 6.45) is 0.308. The first-order chi connectivity index (χ1) is 11.2. The van der Waals surface area contributed by atoms with Crippen molar-refractivity contribution < 1.29 is 24.2 Å². The average Bonchev–Trinajstić information content (AvgIpc) is 2.48. The zero-order valence-corrected chi connectivity index (χ0v) is 14.7. The average molecular weight is 354 g/mol. The quantitative estimate of drug-likeness (QED) is 0.508. The number of amides is 1. The minimum absolute atomic E-state index is 0.308. The van der Waals surface area contributed by atoms with E-state index in [4.69, 9.17) is 9.84 Å². The van der Waals surface area contributed by atoms with Gasteiger partial charge in [-0.05, 0) is 32.8 Å². The molecule has 1 atom stereocenters. The molecule has 1 aromatic carbocycles. The first kappa shape index (κ1) is 20.0. The van der Waals surface area contributed by atoms with Crippen molar-refractivity contribution in [3.8, 4) is 0 Å². The van der Waals surface area contributed by atoms with Crippen LogP contribution in [-0.4, -0.2) is 40.5 Å². The first-order valence-electron chi connectivity index (χ1n) is 7.36. The Morgan fingerprint density at radius 1 is 1.21 bits per heavy atom. The lowest BCUT2D eigenvalue weighted by Crippen LogP contribution is -2.45. The molecule has 132 valence electrons. The number of carboxylic acid groups (broad SMARTS) is 1. The van der Waals surface area contributed by atoms with E-state index in [1.165, 1.54) is 0 Å². The molecular formula is C16H22N2O5S. The molecule has 0 spiro atoms. The summed E-state index contributed by atoms with van der Waals surface area (Å²) >= 11 is 0.674. The van der Waals surface area contributed by atoms with E-state index in [1.54, 1.807) is 20.8 Å². The number of hydrogen-bond donors (Lipinski definition) is 3. The summed E-state index contributed by atoms with van der Waals surface area (Å²) in [4.78, 5) is 34.5. The van der Waals surface area contributed by atoms with Crippen LogP contribution in [0, 0.1) is 0 Å². The Hall–Kier alpha value is -2.06. The molecule has 0 aliphatic rings. The fraction of sp³-hybridized carbons (Fsp3) is 0.438. The van der Waals surface area contributed by atoms with Crippen molar-refractivity contribution in [1.29, 1.82) is 0 Å². The third kappa shape index (κ3) is 8.54. The third-order valence-electron chi connectivity index (χ3n) is 2.69. The lowest BCUT2D eigenvalue weighted by Gasteiger charge is -2.21. The number of carbonyl (C=O) groups excluding carboxylic acids is 2. The molecule has 24 heavy (non-hydrogen) atoms. The monoisotopic (exact) mass is 354 g/mol. The second-order valence-corrected chi connectivity index (χ2v) is 6.81. The summed E-state index contributed by atoms with van der Waals surface area (Å²) in [7, 11) is 0. The van der Waals surface area contributed by atoms with Gasteiger partial charge in [-0.3, -0.25) is 9.59 Å². The minimum Gasteiger partial charge on any atom is -0.480 e. The van der Waals surface area contributed by atoms with Crippen molar-refractivity contribution in [3.05, 3.63) is 35.9 Å². The van der Waals surface area contributed by atoms with E-state index in [2.05, 4.69) is 10.0 Å². The summed E-state index contributed by atoms with van der Waals surface area (Å²) in [5, 5.41) is 10.4. The van der Waals surface area contributed by atoms with E-state index >= 15 is 0 Å². The van der Waals surface area contributed by atoms with Crippen LogP contribution in [-0.2, 0) is 20.7 Å². The van der Waals surface area contributed by atoms with Crippen LogP contribution in [0.4, 0.5) is 4.79 Å². The summed E-state index contributed by atoms with van der Waals surface area (Å²) in [5.74, 6) is -1.64. The van der Waals surface area contributed by atoms with E-state index < -0.39 is 35.4 Å². The van der Waals surface area contributed by atoms with Crippen LogP contribution in [0.3, 0.4) is 0 Å². The van der Waals surface area contributed by atoms with Crippen molar-refractivity contribution in [3.63, 3.8) is 0 Å². The predicted octanol–water partition coefficient (Wildman–Crippen LogP) is 1.97. The molecule has 0 saturated heterocycles. The Labute approximate surface area is 145 Å². The van der Waals surface area contributed by atoms with Gasteiger partial charge in [0.05, 0.1) is 0 Å². The number of benzene rings is 1. The lowest BCUT2D eigenvalue weighted by atomic mass is 10.1. The Bertz CT molecular complexity index is 572. The number of hydrogen-bond acceptors (Lipinski definition) is 6. The number of carboxylic acids is 1. The van der Waals surface area contributed by atoms with Gasteiger partial charge in [-0.1, -0.05) is 30.3 Å². The summed E-state index contributed by atoms with van der Waals surface area (Å²) in [5.41, 5.74) is 0.247. The number of carbonyl (C=O) groups is 3. The van der Waals surface area contributed by atoms with Crippen molar-refractivity contribution in [2.45, 2.75) is 38.8 Å². The van der Waals surface area contributed by atoms with Crippen molar-refractivity contribution >= 4 is 29.1 Å². The Balaban J connectivity index is 2.68. The molecule has 1 aromatic rings. The molecule has 3 N–H and O–H groups in total. The van der Waals surface area contributed by atoms with Crippen molar-refractivity contribution in [2.24, 2.45) is 0 Å². The molecule has 7 nitrogen and oxygen atoms in total. The highest BCUT2D eigenvalue weighted by Crippen LogP contribution is 2.14. The van der Waals surface area contributed by atoms with E-state index in [9.17, 15) is 14.4 Å². The van der Waals surface area contributed by atoms with Gasteiger partial charge in [0.2, 0.25) is 5.91 Å². The van der Waals surface area contributed by atoms with Gasteiger partial charge < -0.3 is 15.2 Å². The zero-order valence-electron chi connectivity index (χ0n) is 13.9. The van der Waals surface area contributed by atoms with Crippen LogP contribution in [0.2, 0.25) is 0 Å². The highest BCUT2D eigenvalue weighted by Gasteiger charge is 2.23. The molecular weight excluding hydrogens is 332 g/mol. The van der Waals surface area contributed by atoms with Gasteiger partial charge in [0.25, 0.3) is 0 Å². The maximum atomic E-state index is 12.1. The molecule has 0 saturated carbocycles. The normalized spacial score (nSPS) is 12.3. The van der Waals surface area contributed by atoms with Gasteiger partial charge in [0.1, 0.15) is 18.2 Å². The number of rotatable bonds is 7. The third-order valence-corrected chi connectivity index (χ3v) is 3.34. The van der Waals surface area contributed by atoms with Crippen LogP contribution >= 0.6 is 11.9 Å². The summed E-state index contributed by atoms with van der Waals surface area (Å²) in [6, 6.07) is 8.44. The Morgan fingerprint density at radius 3 is 2.38 bits per heavy atom. The van der Waals surface area contributed by atoms with E-state index in [0.717, 1.165) is 5.56 Å². The molecule has 0 bridgehead atoms. The smallest absolute Gasteiger partial charge is 0.383 e. The molecule has 8 heteroatoms. The van der Waals surface area contributed by atoms with Crippen LogP contribution in [0.1, 0.15) is 26.3 Å². The molecule has 0 heterocycles. The fourth-order valence-electron chi connectivity index (χ4n) is 1.71. The standard InChI is InChI=1S/C16H22N2O5S/c1-16(2,3)23-15(22)24-18-12(14(21)17-10-13(19)20)9-11-7-5-4-6-8-11/h4-8,12,18H,9-10H2,1-3H3,(H,17,21)(H,19,20). The maximum absolute atomic E-state index is 12.1. The van der Waals surface area contributed by atoms with E-state index in [0.29, 0.717) is 18.4 Å². The SMILES string of the molecule is CC(C)(C)OC(=O)SNC(Cc1ccccc1)C(=O)NCC(=O)O. The van der Waals surface area contributed by atoms with Gasteiger partial charge >= 0.3 is 11.3 Å². The van der Waals surface area contributed by atoms with Gasteiger partial charge in [0.15, 0.2) is 0 Å². The highest BCUT2D eigenvalue weighted by molar-refractivity contribution is 8.11. The van der Waals surface area contributed by atoms with Gasteiger partial charge in [-0.2, -0.15) is 0 Å². The first-order valence-corrected chi connectivity index (χ1v) is 8.18. The number of nitrogens with one attached hydrogen (secondary N) is 2. The zero-order chi connectivity index (χ0) is 18.2. The maximum Gasteiger partial charge on any atom is 0.383 e. The molecule has 0 aromatic heterocycles. The van der Waals surface area contributed by atoms with Crippen LogP contribution in [0.15, 0.2) is 30.3 Å². The molecule has 0 aliphatic carbocycles. The van der Waals surface area contributed by atoms with Gasteiger partial charge in [-0.15, -0.1) is 0 Å². The Kier molecular flexibility index (Phi) is 7.73. The molecule has 0 radical (unpaired) electrons. The highest BCUT2D eigenvalue weighted by atomic mass is 32.2. The van der Waals surface area contributed by atoms with Crippen LogP contribution in [0.5, 0.6) is 0 Å². The molecule has 1 amide bonds. The number of aliphatic carboxylic acids is 1. The number of ether oxygens (including phenoxy) is 1. The topological polar surface area (TPSA) is 105 Å². The minimum atomic E-state index is -1.14. The van der Waals surface area contributed by atoms with Crippen LogP contribution in [0.25, 0.3) is 0 Å². The van der Waals surface area contributed by atoms with Crippen molar-refractivity contribution in [1.82, 2.24) is 10.0 Å². The van der Waals surface area contributed by atoms with E-state index in [1.807, 2.05) is 30.3 Å².